The number of ether oxygens (including phenoxy) is 2. The number of aryl methyl sites for hydroxylation is 1. The van der Waals surface area contributed by atoms with E-state index < -0.39 is 0 Å². The van der Waals surface area contributed by atoms with Crippen molar-refractivity contribution in [2.24, 2.45) is 0 Å². The van der Waals surface area contributed by atoms with Gasteiger partial charge in [-0.3, -0.25) is 9.78 Å². The zero-order chi connectivity index (χ0) is 17.8. The maximum Gasteiger partial charge on any atom is 0.257 e. The van der Waals surface area contributed by atoms with E-state index in [1.807, 2.05) is 13.1 Å². The lowest BCUT2D eigenvalue weighted by Crippen LogP contribution is -2.29. The van der Waals surface area contributed by atoms with Gasteiger partial charge in [0.15, 0.2) is 0 Å². The highest BCUT2D eigenvalue weighted by molar-refractivity contribution is 5.96. The van der Waals surface area contributed by atoms with Crippen LogP contribution >= 0.6 is 0 Å². The fraction of sp³-hybridized carbons (Fsp3) is 0.389. The van der Waals surface area contributed by atoms with Crippen LogP contribution in [0.1, 0.15) is 32.7 Å². The molecule has 1 aliphatic heterocycles. The summed E-state index contributed by atoms with van der Waals surface area (Å²) in [7, 11) is 3.00. The third-order valence-corrected chi connectivity index (χ3v) is 4.38. The molecule has 0 saturated heterocycles. The Morgan fingerprint density at radius 3 is 2.92 bits per heavy atom. The quantitative estimate of drug-likeness (QED) is 0.854. The van der Waals surface area contributed by atoms with Crippen LogP contribution in [0, 0.1) is 6.92 Å². The van der Waals surface area contributed by atoms with Gasteiger partial charge in [-0.1, -0.05) is 0 Å². The highest BCUT2D eigenvalue weighted by Gasteiger charge is 2.18. The number of hydrogen-bond acceptors (Lipinski definition) is 6. The van der Waals surface area contributed by atoms with Crippen LogP contribution in [0.3, 0.4) is 0 Å². The van der Waals surface area contributed by atoms with E-state index in [4.69, 9.17) is 9.47 Å². The number of nitrogens with one attached hydrogen (secondary N) is 2. The number of nitrogens with zero attached hydrogens (tertiary/aromatic N) is 2. The van der Waals surface area contributed by atoms with Crippen molar-refractivity contribution in [1.29, 1.82) is 0 Å². The van der Waals surface area contributed by atoms with E-state index in [9.17, 15) is 4.79 Å². The molecule has 0 aliphatic carbocycles. The van der Waals surface area contributed by atoms with Crippen LogP contribution in [0.25, 0.3) is 0 Å². The van der Waals surface area contributed by atoms with E-state index in [1.165, 1.54) is 25.3 Å². The predicted octanol–water partition coefficient (Wildman–Crippen LogP) is 1.38. The first-order valence-electron chi connectivity index (χ1n) is 8.18. The van der Waals surface area contributed by atoms with E-state index in [0.29, 0.717) is 18.0 Å². The van der Waals surface area contributed by atoms with Crippen molar-refractivity contribution >= 4 is 5.91 Å². The smallest absolute Gasteiger partial charge is 0.257 e. The molecular formula is C18H22N4O3. The summed E-state index contributed by atoms with van der Waals surface area (Å²) in [6.45, 7) is 4.16. The Labute approximate surface area is 146 Å². The van der Waals surface area contributed by atoms with Gasteiger partial charge in [-0.05, 0) is 42.6 Å². The minimum absolute atomic E-state index is 0.238. The van der Waals surface area contributed by atoms with E-state index in [0.717, 1.165) is 30.8 Å². The molecule has 3 rings (SSSR count). The number of aromatic nitrogens is 2. The molecule has 1 amide bonds. The van der Waals surface area contributed by atoms with Crippen molar-refractivity contribution in [3.05, 3.63) is 46.3 Å². The van der Waals surface area contributed by atoms with Crippen LogP contribution in [-0.4, -0.2) is 36.6 Å². The molecule has 2 aromatic heterocycles. The first-order valence-corrected chi connectivity index (χ1v) is 8.18. The molecule has 1 aliphatic rings. The number of methoxy groups -OCH3 is 2. The molecule has 0 fully saturated rings. The predicted molar refractivity (Wildman–Crippen MR) is 92.9 cm³/mol. The largest absolute Gasteiger partial charge is 0.481 e. The van der Waals surface area contributed by atoms with Gasteiger partial charge >= 0.3 is 0 Å². The number of rotatable bonds is 5. The highest BCUT2D eigenvalue weighted by Crippen LogP contribution is 2.22. The van der Waals surface area contributed by atoms with E-state index in [2.05, 4.69) is 20.6 Å². The molecule has 0 atom stereocenters. The SMILES string of the molecule is COc1ccc(C(=O)NCc2c(C)ncc3c2CCNC3)c(OC)n1. The van der Waals surface area contributed by atoms with Crippen molar-refractivity contribution in [2.75, 3.05) is 20.8 Å². The average Bonchev–Trinajstić information content (AvgIpc) is 2.66. The van der Waals surface area contributed by atoms with Crippen LogP contribution in [-0.2, 0) is 19.5 Å². The lowest BCUT2D eigenvalue weighted by molar-refractivity contribution is 0.0947. The van der Waals surface area contributed by atoms with Crippen LogP contribution in [0.5, 0.6) is 11.8 Å². The van der Waals surface area contributed by atoms with Crippen LogP contribution in [0.4, 0.5) is 0 Å². The maximum atomic E-state index is 12.6. The Kier molecular flexibility index (Phi) is 5.14. The van der Waals surface area contributed by atoms with Crippen molar-refractivity contribution in [2.45, 2.75) is 26.4 Å². The lowest BCUT2D eigenvalue weighted by Gasteiger charge is -2.21. The molecule has 7 nitrogen and oxygen atoms in total. The molecule has 0 saturated carbocycles. The summed E-state index contributed by atoms with van der Waals surface area (Å²) in [6, 6.07) is 3.29. The standard InChI is InChI=1S/C18H22N4O3/c1-11-15(13-6-7-19-8-12(13)9-20-11)10-21-17(23)14-4-5-16(24-2)22-18(14)25-3/h4-5,9,19H,6-8,10H2,1-3H3,(H,21,23). The average molecular weight is 342 g/mol. The summed E-state index contributed by atoms with van der Waals surface area (Å²) in [6.07, 6.45) is 2.86. The second-order valence-electron chi connectivity index (χ2n) is 5.85. The van der Waals surface area contributed by atoms with Gasteiger partial charge in [0, 0.05) is 31.0 Å². The number of fused-ring (bicyclic) bond motifs is 1. The third kappa shape index (κ3) is 3.56. The molecule has 0 radical (unpaired) electrons. The summed E-state index contributed by atoms with van der Waals surface area (Å²) >= 11 is 0. The molecule has 3 heterocycles. The van der Waals surface area contributed by atoms with Crippen molar-refractivity contribution in [1.82, 2.24) is 20.6 Å². The molecule has 25 heavy (non-hydrogen) atoms. The summed E-state index contributed by atoms with van der Waals surface area (Å²) < 4.78 is 10.3. The maximum absolute atomic E-state index is 12.6. The second-order valence-corrected chi connectivity index (χ2v) is 5.85. The summed E-state index contributed by atoms with van der Waals surface area (Å²) in [5, 5.41) is 6.30. The van der Waals surface area contributed by atoms with Gasteiger partial charge in [-0.25, -0.2) is 0 Å². The molecule has 7 heteroatoms. The number of pyridine rings is 2. The fourth-order valence-electron chi connectivity index (χ4n) is 3.01. The van der Waals surface area contributed by atoms with Gasteiger partial charge in [0.05, 0.1) is 14.2 Å². The zero-order valence-corrected chi connectivity index (χ0v) is 14.7. The second kappa shape index (κ2) is 7.48. The van der Waals surface area contributed by atoms with Gasteiger partial charge < -0.3 is 20.1 Å². The van der Waals surface area contributed by atoms with Crippen molar-refractivity contribution in [3.8, 4) is 11.8 Å². The van der Waals surface area contributed by atoms with Crippen LogP contribution in [0.2, 0.25) is 0 Å². The Balaban J connectivity index is 1.79. The molecule has 2 N–H and O–H groups in total. The molecule has 132 valence electrons. The summed E-state index contributed by atoms with van der Waals surface area (Å²) in [5.41, 5.74) is 4.89. The minimum atomic E-state index is -0.238. The van der Waals surface area contributed by atoms with Crippen molar-refractivity contribution < 1.29 is 14.3 Å². The lowest BCUT2D eigenvalue weighted by atomic mass is 9.96. The Bertz CT molecular complexity index is 792. The van der Waals surface area contributed by atoms with Crippen LogP contribution < -0.4 is 20.1 Å². The molecule has 0 unspecified atom stereocenters. The van der Waals surface area contributed by atoms with Gasteiger partial charge in [0.1, 0.15) is 5.56 Å². The number of amides is 1. The monoisotopic (exact) mass is 342 g/mol. The Morgan fingerprint density at radius 2 is 2.16 bits per heavy atom. The zero-order valence-electron chi connectivity index (χ0n) is 14.7. The minimum Gasteiger partial charge on any atom is -0.481 e. The summed E-state index contributed by atoms with van der Waals surface area (Å²) in [5.74, 6) is 0.405. The van der Waals surface area contributed by atoms with Gasteiger partial charge in [0.2, 0.25) is 11.8 Å². The third-order valence-electron chi connectivity index (χ3n) is 4.38. The van der Waals surface area contributed by atoms with Gasteiger partial charge in [0.25, 0.3) is 5.91 Å². The molecule has 2 aromatic rings. The van der Waals surface area contributed by atoms with E-state index in [-0.39, 0.29) is 11.8 Å². The van der Waals surface area contributed by atoms with Crippen molar-refractivity contribution in [3.63, 3.8) is 0 Å². The fourth-order valence-corrected chi connectivity index (χ4v) is 3.01. The topological polar surface area (TPSA) is 85.4 Å². The first kappa shape index (κ1) is 17.2. The number of carbonyl (C=O) groups is 1. The van der Waals surface area contributed by atoms with E-state index in [1.54, 1.807) is 12.1 Å². The molecule has 0 aromatic carbocycles. The highest BCUT2D eigenvalue weighted by atomic mass is 16.5. The van der Waals surface area contributed by atoms with Crippen LogP contribution in [0.15, 0.2) is 18.3 Å². The summed E-state index contributed by atoms with van der Waals surface area (Å²) in [4.78, 5) is 21.2. The molecule has 0 spiro atoms. The Morgan fingerprint density at radius 1 is 1.32 bits per heavy atom. The normalized spacial score (nSPS) is 13.1. The number of hydrogen-bond donors (Lipinski definition) is 2. The first-order chi connectivity index (χ1) is 12.1. The number of carbonyl (C=O) groups excluding carboxylic acids is 1. The molecular weight excluding hydrogens is 320 g/mol. The van der Waals surface area contributed by atoms with Gasteiger partial charge in [-0.2, -0.15) is 4.98 Å². The van der Waals surface area contributed by atoms with Gasteiger partial charge in [-0.15, -0.1) is 0 Å². The van der Waals surface area contributed by atoms with E-state index >= 15 is 0 Å². The Hall–Kier alpha value is -2.67. The molecule has 0 bridgehead atoms.